The Labute approximate surface area is 102 Å². The number of halogens is 4. The van der Waals surface area contributed by atoms with Crippen LogP contribution in [0, 0.1) is 0 Å². The minimum absolute atomic E-state index is 0.222. The molecule has 0 atom stereocenters. The Hall–Kier alpha value is -0.260. The van der Waals surface area contributed by atoms with Crippen molar-refractivity contribution < 1.29 is 13.2 Å². The summed E-state index contributed by atoms with van der Waals surface area (Å²) in [4.78, 5) is 1.34. The third kappa shape index (κ3) is 5.72. The van der Waals surface area contributed by atoms with E-state index in [4.69, 9.17) is 11.6 Å². The van der Waals surface area contributed by atoms with E-state index < -0.39 is 12.7 Å². The summed E-state index contributed by atoms with van der Waals surface area (Å²) in [6, 6.07) is 1.93. The van der Waals surface area contributed by atoms with Gasteiger partial charge in [0.1, 0.15) is 0 Å². The zero-order valence-electron chi connectivity index (χ0n) is 8.63. The Kier molecular flexibility index (Phi) is 5.58. The number of thiophene rings is 1. The number of hydrogen-bond donors (Lipinski definition) is 0. The van der Waals surface area contributed by atoms with E-state index in [0.29, 0.717) is 13.0 Å². The number of nitrogens with zero attached hydrogens (tertiary/aromatic N) is 1. The van der Waals surface area contributed by atoms with Gasteiger partial charge in [-0.2, -0.15) is 24.5 Å². The van der Waals surface area contributed by atoms with Crippen molar-refractivity contribution in [3.8, 4) is 0 Å². The third-order valence-electron chi connectivity index (χ3n) is 2.10. The van der Waals surface area contributed by atoms with Crippen LogP contribution in [0.25, 0.3) is 0 Å². The molecular formula is C10H13ClF3NS. The fraction of sp³-hybridized carbons (Fsp3) is 0.600. The van der Waals surface area contributed by atoms with Crippen molar-refractivity contribution in [1.82, 2.24) is 4.90 Å². The van der Waals surface area contributed by atoms with E-state index in [9.17, 15) is 13.2 Å². The van der Waals surface area contributed by atoms with E-state index in [-0.39, 0.29) is 12.4 Å². The highest BCUT2D eigenvalue weighted by Crippen LogP contribution is 2.17. The van der Waals surface area contributed by atoms with E-state index in [1.165, 1.54) is 4.90 Å². The molecule has 0 saturated carbocycles. The lowest BCUT2D eigenvalue weighted by Crippen LogP contribution is -2.36. The number of hydrogen-bond acceptors (Lipinski definition) is 2. The van der Waals surface area contributed by atoms with Crippen molar-refractivity contribution in [2.75, 3.05) is 25.5 Å². The molecule has 0 unspecified atom stereocenters. The second kappa shape index (κ2) is 6.47. The van der Waals surface area contributed by atoms with E-state index in [1.54, 1.807) is 11.3 Å². The standard InChI is InChI=1S/C10H13ClF3NS/c11-3-5-15(8-10(12,13)14)4-1-9-2-6-16-7-9/h2,6-7H,1,3-5,8H2. The minimum atomic E-state index is -4.15. The van der Waals surface area contributed by atoms with Gasteiger partial charge in [0.15, 0.2) is 0 Å². The summed E-state index contributed by atoms with van der Waals surface area (Å²) < 4.78 is 36.6. The highest BCUT2D eigenvalue weighted by Gasteiger charge is 2.30. The lowest BCUT2D eigenvalue weighted by Gasteiger charge is -2.22. The van der Waals surface area contributed by atoms with Crippen molar-refractivity contribution in [1.29, 1.82) is 0 Å². The van der Waals surface area contributed by atoms with Gasteiger partial charge in [-0.1, -0.05) is 0 Å². The Bertz CT molecular complexity index is 287. The Morgan fingerprint density at radius 2 is 2.06 bits per heavy atom. The molecule has 0 bridgehead atoms. The highest BCUT2D eigenvalue weighted by atomic mass is 35.5. The fourth-order valence-electron chi connectivity index (χ4n) is 1.37. The summed E-state index contributed by atoms with van der Waals surface area (Å²) in [5, 5.41) is 3.87. The normalized spacial score (nSPS) is 12.3. The van der Waals surface area contributed by atoms with Crippen LogP contribution >= 0.6 is 22.9 Å². The molecule has 0 radical (unpaired) electrons. The molecule has 1 nitrogen and oxygen atoms in total. The maximum Gasteiger partial charge on any atom is 0.401 e. The molecule has 92 valence electrons. The first-order chi connectivity index (χ1) is 7.51. The van der Waals surface area contributed by atoms with Crippen molar-refractivity contribution in [3.05, 3.63) is 22.4 Å². The molecule has 0 amide bonds. The Morgan fingerprint density at radius 1 is 1.31 bits per heavy atom. The largest absolute Gasteiger partial charge is 0.401 e. The van der Waals surface area contributed by atoms with Gasteiger partial charge in [-0.15, -0.1) is 11.6 Å². The van der Waals surface area contributed by atoms with E-state index in [2.05, 4.69) is 0 Å². The summed E-state index contributed by atoms with van der Waals surface area (Å²) in [6.07, 6.45) is -3.52. The molecule has 0 fully saturated rings. The number of alkyl halides is 4. The molecule has 0 aromatic carbocycles. The molecule has 0 saturated heterocycles. The average Bonchev–Trinajstić information content (AvgIpc) is 2.64. The van der Waals surface area contributed by atoms with Crippen LogP contribution in [-0.4, -0.2) is 36.6 Å². The summed E-state index contributed by atoms with van der Waals surface area (Å²) in [5.41, 5.74) is 1.08. The SMILES string of the molecule is FC(F)(F)CN(CCCl)CCc1ccsc1. The summed E-state index contributed by atoms with van der Waals surface area (Å²) in [7, 11) is 0. The smallest absolute Gasteiger partial charge is 0.293 e. The van der Waals surface area contributed by atoms with Gasteiger partial charge < -0.3 is 0 Å². The van der Waals surface area contributed by atoms with Gasteiger partial charge in [0.2, 0.25) is 0 Å². The molecule has 1 aromatic rings. The number of rotatable bonds is 6. The third-order valence-corrected chi connectivity index (χ3v) is 3.00. The van der Waals surface area contributed by atoms with E-state index >= 15 is 0 Å². The molecule has 6 heteroatoms. The summed E-state index contributed by atoms with van der Waals surface area (Å²) >= 11 is 7.03. The van der Waals surface area contributed by atoms with Gasteiger partial charge in [0, 0.05) is 19.0 Å². The molecule has 0 N–H and O–H groups in total. The van der Waals surface area contributed by atoms with Crippen LogP contribution in [0.5, 0.6) is 0 Å². The zero-order chi connectivity index (χ0) is 12.0. The van der Waals surface area contributed by atoms with Crippen LogP contribution in [0.15, 0.2) is 16.8 Å². The van der Waals surface area contributed by atoms with Crippen molar-refractivity contribution >= 4 is 22.9 Å². The monoisotopic (exact) mass is 271 g/mol. The molecule has 0 aliphatic carbocycles. The quantitative estimate of drug-likeness (QED) is 0.717. The Morgan fingerprint density at radius 3 is 2.56 bits per heavy atom. The second-order valence-electron chi connectivity index (χ2n) is 3.46. The predicted octanol–water partition coefficient (Wildman–Crippen LogP) is 3.39. The minimum Gasteiger partial charge on any atom is -0.293 e. The second-order valence-corrected chi connectivity index (χ2v) is 4.62. The molecule has 1 rings (SSSR count). The van der Waals surface area contributed by atoms with Crippen molar-refractivity contribution in [2.24, 2.45) is 0 Å². The lowest BCUT2D eigenvalue weighted by atomic mass is 10.2. The molecule has 16 heavy (non-hydrogen) atoms. The molecule has 0 aliphatic rings. The first-order valence-corrected chi connectivity index (χ1v) is 6.35. The van der Waals surface area contributed by atoms with Crippen LogP contribution in [0.4, 0.5) is 13.2 Å². The van der Waals surface area contributed by atoms with Crippen LogP contribution < -0.4 is 0 Å². The van der Waals surface area contributed by atoms with E-state index in [1.807, 2.05) is 16.8 Å². The van der Waals surface area contributed by atoms with E-state index in [0.717, 1.165) is 5.56 Å². The van der Waals surface area contributed by atoms with Crippen LogP contribution in [0.3, 0.4) is 0 Å². The van der Waals surface area contributed by atoms with Crippen molar-refractivity contribution in [2.45, 2.75) is 12.6 Å². The average molecular weight is 272 g/mol. The molecule has 1 aromatic heterocycles. The molecule has 0 aliphatic heterocycles. The van der Waals surface area contributed by atoms with Crippen molar-refractivity contribution in [3.63, 3.8) is 0 Å². The molecule has 1 heterocycles. The van der Waals surface area contributed by atoms with Crippen LogP contribution in [-0.2, 0) is 6.42 Å². The zero-order valence-corrected chi connectivity index (χ0v) is 10.2. The van der Waals surface area contributed by atoms with Gasteiger partial charge in [-0.05, 0) is 28.8 Å². The summed E-state index contributed by atoms with van der Waals surface area (Å²) in [5.74, 6) is 0.222. The first kappa shape index (κ1) is 13.8. The van der Waals surface area contributed by atoms with Gasteiger partial charge in [0.25, 0.3) is 0 Å². The topological polar surface area (TPSA) is 3.24 Å². The first-order valence-electron chi connectivity index (χ1n) is 4.87. The highest BCUT2D eigenvalue weighted by molar-refractivity contribution is 7.07. The maximum atomic E-state index is 12.2. The predicted molar refractivity (Wildman–Crippen MR) is 61.2 cm³/mol. The van der Waals surface area contributed by atoms with Crippen LogP contribution in [0.1, 0.15) is 5.56 Å². The summed E-state index contributed by atoms with van der Waals surface area (Å²) in [6.45, 7) is -0.224. The van der Waals surface area contributed by atoms with Gasteiger partial charge in [-0.3, -0.25) is 4.90 Å². The van der Waals surface area contributed by atoms with Gasteiger partial charge >= 0.3 is 6.18 Å². The van der Waals surface area contributed by atoms with Gasteiger partial charge in [0.05, 0.1) is 6.54 Å². The Balaban J connectivity index is 2.39. The maximum absolute atomic E-state index is 12.2. The van der Waals surface area contributed by atoms with Gasteiger partial charge in [-0.25, -0.2) is 0 Å². The molecular weight excluding hydrogens is 259 g/mol. The van der Waals surface area contributed by atoms with Crippen LogP contribution in [0.2, 0.25) is 0 Å². The molecule has 0 spiro atoms. The lowest BCUT2D eigenvalue weighted by molar-refractivity contribution is -0.145. The fourth-order valence-corrected chi connectivity index (χ4v) is 2.31.